The third kappa shape index (κ3) is 5.17. The van der Waals surface area contributed by atoms with Crippen LogP contribution in [0.15, 0.2) is 24.3 Å². The molecule has 7 heteroatoms. The molecule has 0 spiro atoms. The van der Waals surface area contributed by atoms with Gasteiger partial charge in [-0.3, -0.25) is 9.59 Å². The van der Waals surface area contributed by atoms with E-state index in [1.54, 1.807) is 38.1 Å². The molecule has 1 aromatic heterocycles. The van der Waals surface area contributed by atoms with Gasteiger partial charge < -0.3 is 19.2 Å². The number of carbonyl (C=O) groups is 3. The highest BCUT2D eigenvalue weighted by Gasteiger charge is 2.25. The van der Waals surface area contributed by atoms with Crippen LogP contribution in [0.25, 0.3) is 6.08 Å². The first-order valence-electron chi connectivity index (χ1n) is 9.63. The SMILES string of the molecule is CCOc1ccc(/C=C/C(=O)OC(C)C(=O)c2[nH]c(C)c(C(C)=O)c2C)cc1OC. The number of rotatable bonds is 9. The predicted molar refractivity (Wildman–Crippen MR) is 113 cm³/mol. The molecule has 2 aromatic rings. The second kappa shape index (κ2) is 9.91. The van der Waals surface area contributed by atoms with E-state index in [9.17, 15) is 14.4 Å². The van der Waals surface area contributed by atoms with E-state index in [0.717, 1.165) is 0 Å². The van der Waals surface area contributed by atoms with Crippen molar-refractivity contribution in [3.05, 3.63) is 52.4 Å². The first-order valence-corrected chi connectivity index (χ1v) is 9.63. The molecule has 30 heavy (non-hydrogen) atoms. The second-order valence-corrected chi connectivity index (χ2v) is 6.80. The molecular weight excluding hydrogens is 386 g/mol. The lowest BCUT2D eigenvalue weighted by Crippen LogP contribution is -2.24. The minimum absolute atomic E-state index is 0.126. The molecular formula is C23H27NO6. The van der Waals surface area contributed by atoms with E-state index in [-0.39, 0.29) is 11.5 Å². The maximum atomic E-state index is 12.7. The molecule has 1 N–H and O–H groups in total. The summed E-state index contributed by atoms with van der Waals surface area (Å²) in [6.07, 6.45) is 1.80. The van der Waals surface area contributed by atoms with Gasteiger partial charge in [-0.15, -0.1) is 0 Å². The number of nitrogens with one attached hydrogen (secondary N) is 1. The summed E-state index contributed by atoms with van der Waals surface area (Å²) in [6.45, 7) is 8.75. The number of H-pyrrole nitrogens is 1. The summed E-state index contributed by atoms with van der Waals surface area (Å²) in [6, 6.07) is 5.26. The Bertz CT molecular complexity index is 986. The fourth-order valence-corrected chi connectivity index (χ4v) is 3.22. The molecule has 0 saturated heterocycles. The summed E-state index contributed by atoms with van der Waals surface area (Å²) >= 11 is 0. The van der Waals surface area contributed by atoms with E-state index < -0.39 is 17.9 Å². The Balaban J connectivity index is 2.08. The van der Waals surface area contributed by atoms with Crippen molar-refractivity contribution in [3.63, 3.8) is 0 Å². The number of hydrogen-bond acceptors (Lipinski definition) is 6. The third-order valence-electron chi connectivity index (χ3n) is 4.60. The quantitative estimate of drug-likeness (QED) is 0.378. The van der Waals surface area contributed by atoms with Crippen LogP contribution in [0.5, 0.6) is 11.5 Å². The Labute approximate surface area is 176 Å². The predicted octanol–water partition coefficient (Wildman–Crippen LogP) is 4.07. The van der Waals surface area contributed by atoms with Crippen molar-refractivity contribution in [3.8, 4) is 11.5 Å². The molecule has 1 unspecified atom stereocenters. The zero-order chi connectivity index (χ0) is 22.4. The Morgan fingerprint density at radius 3 is 2.43 bits per heavy atom. The van der Waals surface area contributed by atoms with Crippen LogP contribution in [0.3, 0.4) is 0 Å². The number of ether oxygens (including phenoxy) is 3. The second-order valence-electron chi connectivity index (χ2n) is 6.80. The number of methoxy groups -OCH3 is 1. The third-order valence-corrected chi connectivity index (χ3v) is 4.60. The van der Waals surface area contributed by atoms with Gasteiger partial charge in [0, 0.05) is 17.3 Å². The Morgan fingerprint density at radius 1 is 1.17 bits per heavy atom. The Morgan fingerprint density at radius 2 is 1.87 bits per heavy atom. The van der Waals surface area contributed by atoms with E-state index in [1.165, 1.54) is 27.0 Å². The van der Waals surface area contributed by atoms with Crippen molar-refractivity contribution < 1.29 is 28.6 Å². The van der Waals surface area contributed by atoms with Gasteiger partial charge in [0.05, 0.1) is 19.4 Å². The molecule has 0 bridgehead atoms. The molecule has 7 nitrogen and oxygen atoms in total. The standard InChI is InChI=1S/C23H27NO6/c1-7-29-18-10-8-17(12-19(18)28-6)9-11-20(26)30-16(5)23(27)22-13(2)21(15(4)25)14(3)24-22/h8-12,16,24H,7H2,1-6H3/b11-9+. The summed E-state index contributed by atoms with van der Waals surface area (Å²) in [4.78, 5) is 39.5. The van der Waals surface area contributed by atoms with E-state index in [2.05, 4.69) is 4.98 Å². The molecule has 0 saturated carbocycles. The normalized spacial score (nSPS) is 11.9. The van der Waals surface area contributed by atoms with E-state index in [4.69, 9.17) is 14.2 Å². The van der Waals surface area contributed by atoms with Gasteiger partial charge in [-0.25, -0.2) is 4.79 Å². The average molecular weight is 413 g/mol. The van der Waals surface area contributed by atoms with Gasteiger partial charge in [0.1, 0.15) is 0 Å². The number of Topliss-reactive ketones (excluding diaryl/α,β-unsaturated/α-hetero) is 2. The van der Waals surface area contributed by atoms with Gasteiger partial charge in [0.2, 0.25) is 5.78 Å². The van der Waals surface area contributed by atoms with Crippen LogP contribution in [-0.2, 0) is 9.53 Å². The van der Waals surface area contributed by atoms with Crippen LogP contribution in [0.1, 0.15) is 58.4 Å². The summed E-state index contributed by atoms with van der Waals surface area (Å²) in [7, 11) is 1.54. The number of aromatic nitrogens is 1. The molecule has 1 heterocycles. The lowest BCUT2D eigenvalue weighted by atomic mass is 10.0. The number of aromatic amines is 1. The number of hydrogen-bond donors (Lipinski definition) is 1. The summed E-state index contributed by atoms with van der Waals surface area (Å²) in [5.74, 6) is -0.0158. The van der Waals surface area contributed by atoms with Crippen molar-refractivity contribution in [2.24, 2.45) is 0 Å². The van der Waals surface area contributed by atoms with E-state index >= 15 is 0 Å². The van der Waals surface area contributed by atoms with Gasteiger partial charge in [-0.05, 0) is 64.0 Å². The highest BCUT2D eigenvalue weighted by atomic mass is 16.5. The monoisotopic (exact) mass is 413 g/mol. The van der Waals surface area contributed by atoms with Crippen molar-refractivity contribution in [1.82, 2.24) is 4.98 Å². The van der Waals surface area contributed by atoms with Crippen LogP contribution in [-0.4, -0.2) is 42.3 Å². The Kier molecular flexibility index (Phi) is 7.58. The molecule has 1 aromatic carbocycles. The molecule has 160 valence electrons. The van der Waals surface area contributed by atoms with Crippen LogP contribution >= 0.6 is 0 Å². The topological polar surface area (TPSA) is 94.7 Å². The minimum atomic E-state index is -1.01. The fourth-order valence-electron chi connectivity index (χ4n) is 3.22. The number of carbonyl (C=O) groups excluding carboxylic acids is 3. The van der Waals surface area contributed by atoms with Crippen LogP contribution in [0.4, 0.5) is 0 Å². The van der Waals surface area contributed by atoms with Gasteiger partial charge in [0.15, 0.2) is 23.4 Å². The first kappa shape index (κ1) is 22.9. The van der Waals surface area contributed by atoms with Gasteiger partial charge in [0.25, 0.3) is 0 Å². The maximum absolute atomic E-state index is 12.7. The van der Waals surface area contributed by atoms with Gasteiger partial charge in [-0.1, -0.05) is 6.07 Å². The fraction of sp³-hybridized carbons (Fsp3) is 0.348. The van der Waals surface area contributed by atoms with E-state index in [0.29, 0.717) is 40.5 Å². The summed E-state index contributed by atoms with van der Waals surface area (Å²) in [5.41, 5.74) is 2.66. The van der Waals surface area contributed by atoms with Crippen molar-refractivity contribution in [2.75, 3.05) is 13.7 Å². The van der Waals surface area contributed by atoms with Crippen LogP contribution < -0.4 is 9.47 Å². The average Bonchev–Trinajstić information content (AvgIpc) is 3.00. The Hall–Kier alpha value is -3.35. The molecule has 0 fully saturated rings. The zero-order valence-electron chi connectivity index (χ0n) is 18.1. The maximum Gasteiger partial charge on any atom is 0.331 e. The molecule has 0 aliphatic carbocycles. The summed E-state index contributed by atoms with van der Waals surface area (Å²) < 4.78 is 16.0. The summed E-state index contributed by atoms with van der Waals surface area (Å²) in [5, 5.41) is 0. The van der Waals surface area contributed by atoms with Crippen LogP contribution in [0.2, 0.25) is 0 Å². The molecule has 0 amide bonds. The number of aryl methyl sites for hydroxylation is 1. The van der Waals surface area contributed by atoms with Crippen molar-refractivity contribution in [2.45, 2.75) is 40.7 Å². The van der Waals surface area contributed by atoms with Crippen molar-refractivity contribution >= 4 is 23.6 Å². The molecule has 0 radical (unpaired) electrons. The number of ketones is 2. The first-order chi connectivity index (χ1) is 14.2. The highest BCUT2D eigenvalue weighted by molar-refractivity contribution is 6.05. The lowest BCUT2D eigenvalue weighted by Gasteiger charge is -2.11. The largest absolute Gasteiger partial charge is 0.493 e. The zero-order valence-corrected chi connectivity index (χ0v) is 18.1. The van der Waals surface area contributed by atoms with Crippen LogP contribution in [0, 0.1) is 13.8 Å². The molecule has 0 aliphatic heterocycles. The minimum Gasteiger partial charge on any atom is -0.493 e. The van der Waals surface area contributed by atoms with Gasteiger partial charge in [-0.2, -0.15) is 0 Å². The van der Waals surface area contributed by atoms with E-state index in [1.807, 2.05) is 6.92 Å². The molecule has 2 rings (SSSR count). The molecule has 0 aliphatic rings. The lowest BCUT2D eigenvalue weighted by molar-refractivity contribution is -0.140. The number of benzene rings is 1. The number of esters is 1. The molecule has 1 atom stereocenters. The smallest absolute Gasteiger partial charge is 0.331 e. The highest BCUT2D eigenvalue weighted by Crippen LogP contribution is 2.28. The van der Waals surface area contributed by atoms with Gasteiger partial charge >= 0.3 is 5.97 Å². The van der Waals surface area contributed by atoms with Crippen molar-refractivity contribution in [1.29, 1.82) is 0 Å².